The van der Waals surface area contributed by atoms with E-state index in [0.717, 1.165) is 25.2 Å². The summed E-state index contributed by atoms with van der Waals surface area (Å²) < 4.78 is 44.1. The van der Waals surface area contributed by atoms with Crippen LogP contribution in [0.4, 0.5) is 19.0 Å². The van der Waals surface area contributed by atoms with Crippen LogP contribution in [-0.2, 0) is 6.18 Å². The lowest BCUT2D eigenvalue weighted by atomic mass is 10.1. The smallest absolute Gasteiger partial charge is 0.433 e. The number of halogens is 3. The number of rotatable bonds is 3. The Morgan fingerprint density at radius 3 is 2.87 bits per heavy atom. The van der Waals surface area contributed by atoms with Crippen LogP contribution in [0.25, 0.3) is 0 Å². The third kappa shape index (κ3) is 3.88. The zero-order valence-corrected chi connectivity index (χ0v) is 12.2. The van der Waals surface area contributed by atoms with Gasteiger partial charge in [0.2, 0.25) is 0 Å². The topological polar surface area (TPSA) is 51.1 Å². The van der Waals surface area contributed by atoms with Gasteiger partial charge in [0.15, 0.2) is 0 Å². The van der Waals surface area contributed by atoms with Crippen molar-refractivity contribution in [3.8, 4) is 5.75 Å². The van der Waals surface area contributed by atoms with Gasteiger partial charge in [0.05, 0.1) is 12.7 Å². The highest BCUT2D eigenvalue weighted by atomic mass is 19.4. The zero-order chi connectivity index (χ0) is 16.3. The van der Waals surface area contributed by atoms with E-state index in [4.69, 9.17) is 4.74 Å². The molecule has 2 aromatic heterocycles. The standard InChI is InChI=1S/C15H15F3N4O/c16-15(17,18)13-7-14(21-10-20-13)22-6-2-4-12(9-22)23-11-3-1-5-19-8-11/h1,3,5,7-8,10,12H,2,4,6,9H2. The summed E-state index contributed by atoms with van der Waals surface area (Å²) in [5, 5.41) is 0. The molecule has 1 fully saturated rings. The Hall–Kier alpha value is -2.38. The molecule has 1 saturated heterocycles. The highest BCUT2D eigenvalue weighted by Crippen LogP contribution is 2.30. The number of pyridine rings is 1. The van der Waals surface area contributed by atoms with Gasteiger partial charge >= 0.3 is 6.18 Å². The largest absolute Gasteiger partial charge is 0.487 e. The summed E-state index contributed by atoms with van der Waals surface area (Å²) in [6, 6.07) is 4.56. The summed E-state index contributed by atoms with van der Waals surface area (Å²) in [4.78, 5) is 13.0. The van der Waals surface area contributed by atoms with Gasteiger partial charge in [-0.2, -0.15) is 13.2 Å². The molecule has 1 unspecified atom stereocenters. The molecule has 0 aliphatic carbocycles. The van der Waals surface area contributed by atoms with Crippen molar-refractivity contribution in [1.29, 1.82) is 0 Å². The first-order chi connectivity index (χ1) is 11.0. The molecule has 0 bridgehead atoms. The molecule has 8 heteroatoms. The van der Waals surface area contributed by atoms with Gasteiger partial charge in [-0.1, -0.05) is 0 Å². The third-order valence-corrected chi connectivity index (χ3v) is 3.58. The maximum Gasteiger partial charge on any atom is 0.433 e. The molecule has 3 heterocycles. The van der Waals surface area contributed by atoms with Crippen LogP contribution in [0.2, 0.25) is 0 Å². The lowest BCUT2D eigenvalue weighted by molar-refractivity contribution is -0.141. The second-order valence-corrected chi connectivity index (χ2v) is 5.28. The van der Waals surface area contributed by atoms with Crippen LogP contribution in [0.1, 0.15) is 18.5 Å². The van der Waals surface area contributed by atoms with Gasteiger partial charge in [0, 0.05) is 18.8 Å². The van der Waals surface area contributed by atoms with E-state index < -0.39 is 11.9 Å². The Morgan fingerprint density at radius 1 is 1.26 bits per heavy atom. The van der Waals surface area contributed by atoms with E-state index in [1.807, 2.05) is 0 Å². The van der Waals surface area contributed by atoms with Crippen molar-refractivity contribution in [2.24, 2.45) is 0 Å². The highest BCUT2D eigenvalue weighted by Gasteiger charge is 2.33. The van der Waals surface area contributed by atoms with Crippen molar-refractivity contribution in [2.75, 3.05) is 18.0 Å². The second-order valence-electron chi connectivity index (χ2n) is 5.28. The lowest BCUT2D eigenvalue weighted by Gasteiger charge is -2.33. The zero-order valence-electron chi connectivity index (χ0n) is 12.2. The summed E-state index contributed by atoms with van der Waals surface area (Å²) in [5.74, 6) is 0.921. The Bertz CT molecular complexity index is 651. The summed E-state index contributed by atoms with van der Waals surface area (Å²) >= 11 is 0. The van der Waals surface area contributed by atoms with E-state index in [2.05, 4.69) is 15.0 Å². The van der Waals surface area contributed by atoms with Gasteiger partial charge in [-0.25, -0.2) is 9.97 Å². The average molecular weight is 324 g/mol. The van der Waals surface area contributed by atoms with E-state index in [1.54, 1.807) is 29.4 Å². The molecule has 0 N–H and O–H groups in total. The number of nitrogens with zero attached hydrogens (tertiary/aromatic N) is 4. The molecule has 1 aliphatic rings. The predicted octanol–water partition coefficient (Wildman–Crippen LogP) is 2.94. The predicted molar refractivity (Wildman–Crippen MR) is 77.1 cm³/mol. The number of hydrogen-bond donors (Lipinski definition) is 0. The monoisotopic (exact) mass is 324 g/mol. The molecule has 122 valence electrons. The molecule has 5 nitrogen and oxygen atoms in total. The summed E-state index contributed by atoms with van der Waals surface area (Å²) in [6.07, 6.45) is 1.28. The molecule has 0 aromatic carbocycles. The maximum atomic E-state index is 12.8. The van der Waals surface area contributed by atoms with Gasteiger partial charge in [0.25, 0.3) is 0 Å². The molecule has 2 aromatic rings. The van der Waals surface area contributed by atoms with Crippen molar-refractivity contribution in [3.05, 3.63) is 42.6 Å². The summed E-state index contributed by atoms with van der Waals surface area (Å²) in [7, 11) is 0. The molecule has 0 amide bonds. The first kappa shape index (κ1) is 15.5. The molecule has 23 heavy (non-hydrogen) atoms. The molecular formula is C15H15F3N4O. The minimum Gasteiger partial charge on any atom is -0.487 e. The molecule has 0 spiro atoms. The van der Waals surface area contributed by atoms with Crippen LogP contribution < -0.4 is 9.64 Å². The van der Waals surface area contributed by atoms with Crippen molar-refractivity contribution in [2.45, 2.75) is 25.1 Å². The van der Waals surface area contributed by atoms with E-state index in [-0.39, 0.29) is 11.9 Å². The quantitative estimate of drug-likeness (QED) is 0.869. The van der Waals surface area contributed by atoms with Gasteiger partial charge in [-0.05, 0) is 25.0 Å². The van der Waals surface area contributed by atoms with E-state index >= 15 is 0 Å². The lowest BCUT2D eigenvalue weighted by Crippen LogP contribution is -2.41. The third-order valence-electron chi connectivity index (χ3n) is 3.58. The van der Waals surface area contributed by atoms with Crippen LogP contribution in [0.15, 0.2) is 36.9 Å². The minimum absolute atomic E-state index is 0.114. The molecule has 1 aliphatic heterocycles. The van der Waals surface area contributed by atoms with Crippen LogP contribution in [0.3, 0.4) is 0 Å². The SMILES string of the molecule is FC(F)(F)c1cc(N2CCCC(Oc3cccnc3)C2)ncn1. The van der Waals surface area contributed by atoms with Gasteiger partial charge in [-0.3, -0.25) is 4.98 Å². The summed E-state index contributed by atoms with van der Waals surface area (Å²) in [5.41, 5.74) is -0.933. The fourth-order valence-electron chi connectivity index (χ4n) is 2.53. The summed E-state index contributed by atoms with van der Waals surface area (Å²) in [6.45, 7) is 1.12. The van der Waals surface area contributed by atoms with Crippen molar-refractivity contribution >= 4 is 5.82 Å². The van der Waals surface area contributed by atoms with E-state index in [0.29, 0.717) is 18.8 Å². The molecule has 0 radical (unpaired) electrons. The van der Waals surface area contributed by atoms with E-state index in [1.165, 1.54) is 0 Å². The van der Waals surface area contributed by atoms with Gasteiger partial charge in [0.1, 0.15) is 29.7 Å². The van der Waals surface area contributed by atoms with Gasteiger partial charge in [-0.15, -0.1) is 0 Å². The Balaban J connectivity index is 1.71. The van der Waals surface area contributed by atoms with Gasteiger partial charge < -0.3 is 9.64 Å². The molecule has 1 atom stereocenters. The number of aromatic nitrogens is 3. The number of alkyl halides is 3. The number of piperidine rings is 1. The Kier molecular flexibility index (Phi) is 4.31. The fourth-order valence-corrected chi connectivity index (χ4v) is 2.53. The Morgan fingerprint density at radius 2 is 2.13 bits per heavy atom. The first-order valence-corrected chi connectivity index (χ1v) is 7.23. The average Bonchev–Trinajstić information content (AvgIpc) is 2.55. The number of hydrogen-bond acceptors (Lipinski definition) is 5. The fraction of sp³-hybridized carbons (Fsp3) is 0.400. The molecular weight excluding hydrogens is 309 g/mol. The minimum atomic E-state index is -4.47. The Labute approximate surface area is 131 Å². The second kappa shape index (κ2) is 6.39. The van der Waals surface area contributed by atoms with Crippen LogP contribution in [0, 0.1) is 0 Å². The van der Waals surface area contributed by atoms with Crippen LogP contribution >= 0.6 is 0 Å². The van der Waals surface area contributed by atoms with Crippen molar-refractivity contribution in [3.63, 3.8) is 0 Å². The van der Waals surface area contributed by atoms with Crippen LogP contribution in [0.5, 0.6) is 5.75 Å². The van der Waals surface area contributed by atoms with E-state index in [9.17, 15) is 13.2 Å². The molecule has 3 rings (SSSR count). The maximum absolute atomic E-state index is 12.8. The first-order valence-electron chi connectivity index (χ1n) is 7.23. The van der Waals surface area contributed by atoms with Crippen LogP contribution in [-0.4, -0.2) is 34.1 Å². The molecule has 0 saturated carbocycles. The highest BCUT2D eigenvalue weighted by molar-refractivity contribution is 5.40. The van der Waals surface area contributed by atoms with Crippen molar-refractivity contribution in [1.82, 2.24) is 15.0 Å². The van der Waals surface area contributed by atoms with Crippen molar-refractivity contribution < 1.29 is 17.9 Å². The number of anilines is 1. The number of ether oxygens (including phenoxy) is 1. The normalized spacial score (nSPS) is 18.7.